The van der Waals surface area contributed by atoms with E-state index in [0.29, 0.717) is 12.5 Å². The van der Waals surface area contributed by atoms with Crippen molar-refractivity contribution in [1.82, 2.24) is 15.3 Å². The topological polar surface area (TPSA) is 80.9 Å². The number of hydrogen-bond acceptors (Lipinski definition) is 4. The molecular formula is C10H16N4O. The van der Waals surface area contributed by atoms with Crippen molar-refractivity contribution in [1.29, 1.82) is 0 Å². The number of carbonyl (C=O) groups excluding carboxylic acids is 1. The molecule has 15 heavy (non-hydrogen) atoms. The number of amides is 1. The van der Waals surface area contributed by atoms with Crippen molar-refractivity contribution in [2.75, 3.05) is 12.3 Å². The van der Waals surface area contributed by atoms with Crippen LogP contribution in [0.15, 0.2) is 12.4 Å². The molecule has 0 saturated carbocycles. The zero-order valence-electron chi connectivity index (χ0n) is 9.03. The molecule has 82 valence electrons. The number of nitrogen functional groups attached to an aromatic ring is 1. The lowest BCUT2D eigenvalue weighted by atomic mass is 10.1. The third-order valence-corrected chi connectivity index (χ3v) is 1.89. The van der Waals surface area contributed by atoms with E-state index < -0.39 is 0 Å². The van der Waals surface area contributed by atoms with Gasteiger partial charge in [-0.05, 0) is 12.3 Å². The second kappa shape index (κ2) is 5.29. The van der Waals surface area contributed by atoms with Gasteiger partial charge in [0, 0.05) is 6.54 Å². The van der Waals surface area contributed by atoms with Crippen LogP contribution in [0, 0.1) is 5.92 Å². The van der Waals surface area contributed by atoms with E-state index in [-0.39, 0.29) is 17.4 Å². The molecule has 0 aromatic carbocycles. The first-order valence-electron chi connectivity index (χ1n) is 4.95. The summed E-state index contributed by atoms with van der Waals surface area (Å²) in [4.78, 5) is 19.2. The number of aromatic nitrogens is 2. The van der Waals surface area contributed by atoms with Crippen LogP contribution in [0.5, 0.6) is 0 Å². The van der Waals surface area contributed by atoms with E-state index in [1.807, 2.05) is 0 Å². The van der Waals surface area contributed by atoms with Crippen LogP contribution in [0.4, 0.5) is 5.82 Å². The summed E-state index contributed by atoms with van der Waals surface area (Å²) in [7, 11) is 0. The lowest BCUT2D eigenvalue weighted by molar-refractivity contribution is 0.0946. The first kappa shape index (κ1) is 11.4. The molecule has 0 aliphatic carbocycles. The number of nitrogens with zero attached hydrogens (tertiary/aromatic N) is 2. The van der Waals surface area contributed by atoms with Crippen LogP contribution in [0.2, 0.25) is 0 Å². The number of nitrogens with two attached hydrogens (primary N) is 1. The SMILES string of the molecule is CC(C)CCNC(=O)c1cncc(N)n1. The Bertz CT molecular complexity index is 338. The summed E-state index contributed by atoms with van der Waals surface area (Å²) < 4.78 is 0. The second-order valence-corrected chi connectivity index (χ2v) is 3.77. The summed E-state index contributed by atoms with van der Waals surface area (Å²) in [5, 5.41) is 2.76. The fourth-order valence-corrected chi connectivity index (χ4v) is 1.06. The van der Waals surface area contributed by atoms with E-state index >= 15 is 0 Å². The lowest BCUT2D eigenvalue weighted by Gasteiger charge is -2.06. The van der Waals surface area contributed by atoms with Crippen molar-refractivity contribution in [2.24, 2.45) is 5.92 Å². The van der Waals surface area contributed by atoms with Crippen molar-refractivity contribution in [2.45, 2.75) is 20.3 Å². The van der Waals surface area contributed by atoms with Gasteiger partial charge in [0.15, 0.2) is 0 Å². The highest BCUT2D eigenvalue weighted by molar-refractivity contribution is 5.92. The third kappa shape index (κ3) is 3.93. The van der Waals surface area contributed by atoms with E-state index in [0.717, 1.165) is 6.42 Å². The van der Waals surface area contributed by atoms with Gasteiger partial charge in [-0.25, -0.2) is 4.98 Å². The molecule has 0 atom stereocenters. The largest absolute Gasteiger partial charge is 0.382 e. The van der Waals surface area contributed by atoms with Crippen LogP contribution in [-0.2, 0) is 0 Å². The van der Waals surface area contributed by atoms with Gasteiger partial charge in [0.05, 0.1) is 12.4 Å². The van der Waals surface area contributed by atoms with Crippen molar-refractivity contribution in [3.8, 4) is 0 Å². The van der Waals surface area contributed by atoms with Gasteiger partial charge in [-0.2, -0.15) is 0 Å². The standard InChI is InChI=1S/C10H16N4O/c1-7(2)3-4-13-10(15)8-5-12-6-9(11)14-8/h5-7H,3-4H2,1-2H3,(H2,11,14)(H,13,15). The highest BCUT2D eigenvalue weighted by Gasteiger charge is 2.07. The molecule has 1 aromatic heterocycles. The van der Waals surface area contributed by atoms with Crippen molar-refractivity contribution in [3.05, 3.63) is 18.1 Å². The third-order valence-electron chi connectivity index (χ3n) is 1.89. The van der Waals surface area contributed by atoms with Gasteiger partial charge in [0.2, 0.25) is 0 Å². The van der Waals surface area contributed by atoms with E-state index in [1.165, 1.54) is 12.4 Å². The smallest absolute Gasteiger partial charge is 0.271 e. The van der Waals surface area contributed by atoms with Crippen LogP contribution >= 0.6 is 0 Å². The summed E-state index contributed by atoms with van der Waals surface area (Å²) in [6, 6.07) is 0. The molecule has 5 heteroatoms. The van der Waals surface area contributed by atoms with Crippen molar-refractivity contribution in [3.63, 3.8) is 0 Å². The number of hydrogen-bond donors (Lipinski definition) is 2. The van der Waals surface area contributed by atoms with Crippen LogP contribution in [0.1, 0.15) is 30.8 Å². The Labute approximate surface area is 89.1 Å². The minimum absolute atomic E-state index is 0.226. The molecule has 0 radical (unpaired) electrons. The Hall–Kier alpha value is -1.65. The molecule has 5 nitrogen and oxygen atoms in total. The first-order chi connectivity index (χ1) is 7.09. The van der Waals surface area contributed by atoms with E-state index in [1.54, 1.807) is 0 Å². The molecule has 1 amide bonds. The van der Waals surface area contributed by atoms with E-state index in [9.17, 15) is 4.79 Å². The number of rotatable bonds is 4. The molecule has 1 rings (SSSR count). The summed E-state index contributed by atoms with van der Waals surface area (Å²) >= 11 is 0. The maximum Gasteiger partial charge on any atom is 0.271 e. The highest BCUT2D eigenvalue weighted by Crippen LogP contribution is 1.99. The molecule has 3 N–H and O–H groups in total. The minimum atomic E-state index is -0.226. The molecule has 0 spiro atoms. The fraction of sp³-hybridized carbons (Fsp3) is 0.500. The zero-order chi connectivity index (χ0) is 11.3. The maximum absolute atomic E-state index is 11.5. The predicted octanol–water partition coefficient (Wildman–Crippen LogP) is 0.835. The molecule has 1 aromatic rings. The van der Waals surface area contributed by atoms with Crippen molar-refractivity contribution < 1.29 is 4.79 Å². The summed E-state index contributed by atoms with van der Waals surface area (Å²) in [6.45, 7) is 4.85. The molecule has 0 aliphatic heterocycles. The molecular weight excluding hydrogens is 192 g/mol. The average Bonchev–Trinajstić information content (AvgIpc) is 2.17. The summed E-state index contributed by atoms with van der Waals surface area (Å²) in [5.41, 5.74) is 5.68. The molecule has 0 bridgehead atoms. The van der Waals surface area contributed by atoms with Crippen LogP contribution < -0.4 is 11.1 Å². The average molecular weight is 208 g/mol. The van der Waals surface area contributed by atoms with Gasteiger partial charge in [-0.1, -0.05) is 13.8 Å². The first-order valence-corrected chi connectivity index (χ1v) is 4.95. The Morgan fingerprint density at radius 2 is 2.27 bits per heavy atom. The second-order valence-electron chi connectivity index (χ2n) is 3.77. The quantitative estimate of drug-likeness (QED) is 0.768. The van der Waals surface area contributed by atoms with Crippen LogP contribution in [0.25, 0.3) is 0 Å². The van der Waals surface area contributed by atoms with Crippen LogP contribution in [-0.4, -0.2) is 22.4 Å². The van der Waals surface area contributed by atoms with Gasteiger partial charge >= 0.3 is 0 Å². The van der Waals surface area contributed by atoms with E-state index in [2.05, 4.69) is 29.1 Å². The van der Waals surface area contributed by atoms with Gasteiger partial charge in [-0.3, -0.25) is 9.78 Å². The predicted molar refractivity (Wildman–Crippen MR) is 58.2 cm³/mol. The molecule has 0 unspecified atom stereocenters. The number of carbonyl (C=O) groups is 1. The fourth-order valence-electron chi connectivity index (χ4n) is 1.06. The maximum atomic E-state index is 11.5. The number of nitrogens with one attached hydrogen (secondary N) is 1. The Balaban J connectivity index is 2.47. The monoisotopic (exact) mass is 208 g/mol. The van der Waals surface area contributed by atoms with Gasteiger partial charge < -0.3 is 11.1 Å². The lowest BCUT2D eigenvalue weighted by Crippen LogP contribution is -2.26. The molecule has 0 aliphatic rings. The number of anilines is 1. The highest BCUT2D eigenvalue weighted by atomic mass is 16.1. The Morgan fingerprint density at radius 1 is 1.53 bits per heavy atom. The minimum Gasteiger partial charge on any atom is -0.382 e. The summed E-state index contributed by atoms with van der Waals surface area (Å²) in [6.07, 6.45) is 3.76. The summed E-state index contributed by atoms with van der Waals surface area (Å²) in [5.74, 6) is 0.596. The normalized spacial score (nSPS) is 10.3. The van der Waals surface area contributed by atoms with Gasteiger partial charge in [0.1, 0.15) is 11.5 Å². The Morgan fingerprint density at radius 3 is 2.87 bits per heavy atom. The molecule has 0 fully saturated rings. The van der Waals surface area contributed by atoms with E-state index in [4.69, 9.17) is 5.73 Å². The Kier molecular flexibility index (Phi) is 4.03. The van der Waals surface area contributed by atoms with Crippen molar-refractivity contribution >= 4 is 11.7 Å². The van der Waals surface area contributed by atoms with Gasteiger partial charge in [-0.15, -0.1) is 0 Å². The molecule has 0 saturated heterocycles. The zero-order valence-corrected chi connectivity index (χ0v) is 9.03. The van der Waals surface area contributed by atoms with Crippen LogP contribution in [0.3, 0.4) is 0 Å². The molecule has 1 heterocycles. The van der Waals surface area contributed by atoms with Gasteiger partial charge in [0.25, 0.3) is 5.91 Å².